The number of ether oxygens (including phenoxy) is 1. The Bertz CT molecular complexity index is 393. The summed E-state index contributed by atoms with van der Waals surface area (Å²) in [6, 6.07) is 5.53. The maximum absolute atomic E-state index is 11.1. The van der Waals surface area contributed by atoms with Gasteiger partial charge in [-0.15, -0.1) is 0 Å². The molecule has 2 N–H and O–H groups in total. The van der Waals surface area contributed by atoms with Gasteiger partial charge in [-0.2, -0.15) is 0 Å². The summed E-state index contributed by atoms with van der Waals surface area (Å²) in [7, 11) is 0. The molecule has 0 bridgehead atoms. The van der Waals surface area contributed by atoms with Crippen molar-refractivity contribution in [1.82, 2.24) is 0 Å². The third-order valence-corrected chi connectivity index (χ3v) is 3.07. The molecule has 100 valence electrons. The predicted molar refractivity (Wildman–Crippen MR) is 74.7 cm³/mol. The SMILES string of the molecule is CCOC(=O)CCCCCc1cc(N)ccc1Cl. The van der Waals surface area contributed by atoms with E-state index < -0.39 is 0 Å². The quantitative estimate of drug-likeness (QED) is 0.468. The lowest BCUT2D eigenvalue weighted by Crippen LogP contribution is -2.03. The summed E-state index contributed by atoms with van der Waals surface area (Å²) in [4.78, 5) is 11.1. The average Bonchev–Trinajstić information content (AvgIpc) is 2.33. The lowest BCUT2D eigenvalue weighted by Gasteiger charge is -2.05. The lowest BCUT2D eigenvalue weighted by molar-refractivity contribution is -0.143. The van der Waals surface area contributed by atoms with Gasteiger partial charge < -0.3 is 10.5 Å². The van der Waals surface area contributed by atoms with E-state index in [4.69, 9.17) is 22.1 Å². The molecule has 0 amide bonds. The second-order valence-corrected chi connectivity index (χ2v) is 4.62. The van der Waals surface area contributed by atoms with Gasteiger partial charge in [-0.3, -0.25) is 4.79 Å². The van der Waals surface area contributed by atoms with Gasteiger partial charge in [0.25, 0.3) is 0 Å². The minimum absolute atomic E-state index is 0.112. The van der Waals surface area contributed by atoms with E-state index >= 15 is 0 Å². The Morgan fingerprint density at radius 3 is 2.83 bits per heavy atom. The van der Waals surface area contributed by atoms with Crippen LogP contribution in [0.15, 0.2) is 18.2 Å². The van der Waals surface area contributed by atoms with Gasteiger partial charge in [-0.1, -0.05) is 18.0 Å². The van der Waals surface area contributed by atoms with E-state index in [1.54, 1.807) is 6.07 Å². The van der Waals surface area contributed by atoms with E-state index in [0.717, 1.165) is 42.0 Å². The Hall–Kier alpha value is -1.22. The molecule has 0 saturated heterocycles. The zero-order chi connectivity index (χ0) is 13.4. The van der Waals surface area contributed by atoms with E-state index in [1.807, 2.05) is 19.1 Å². The van der Waals surface area contributed by atoms with Crippen molar-refractivity contribution in [2.75, 3.05) is 12.3 Å². The van der Waals surface area contributed by atoms with Crippen LogP contribution in [-0.2, 0) is 16.0 Å². The van der Waals surface area contributed by atoms with Gasteiger partial charge in [0, 0.05) is 17.1 Å². The standard InChI is InChI=1S/C14H20ClNO2/c1-2-18-14(17)7-5-3-4-6-11-10-12(16)8-9-13(11)15/h8-10H,2-7,16H2,1H3. The molecule has 0 radical (unpaired) electrons. The molecule has 0 unspecified atom stereocenters. The van der Waals surface area contributed by atoms with Gasteiger partial charge in [0.2, 0.25) is 0 Å². The maximum Gasteiger partial charge on any atom is 0.305 e. The van der Waals surface area contributed by atoms with Crippen molar-refractivity contribution < 1.29 is 9.53 Å². The van der Waals surface area contributed by atoms with E-state index in [0.29, 0.717) is 13.0 Å². The Kier molecular flexibility index (Phi) is 6.58. The first-order valence-corrected chi connectivity index (χ1v) is 6.70. The molecule has 18 heavy (non-hydrogen) atoms. The number of esters is 1. The summed E-state index contributed by atoms with van der Waals surface area (Å²) in [6.07, 6.45) is 4.25. The number of rotatable bonds is 7. The van der Waals surface area contributed by atoms with Crippen LogP contribution in [0.3, 0.4) is 0 Å². The minimum atomic E-state index is -0.112. The maximum atomic E-state index is 11.1. The number of hydrogen-bond donors (Lipinski definition) is 1. The third-order valence-electron chi connectivity index (χ3n) is 2.70. The van der Waals surface area contributed by atoms with E-state index in [-0.39, 0.29) is 5.97 Å². The van der Waals surface area contributed by atoms with Gasteiger partial charge in [-0.05, 0) is 49.9 Å². The Morgan fingerprint density at radius 2 is 2.11 bits per heavy atom. The molecule has 0 saturated carbocycles. The van der Waals surface area contributed by atoms with Crippen LogP contribution in [0, 0.1) is 0 Å². The summed E-state index contributed by atoms with van der Waals surface area (Å²) in [5.41, 5.74) is 7.52. The van der Waals surface area contributed by atoms with Crippen LogP contribution >= 0.6 is 11.6 Å². The molecule has 1 aromatic carbocycles. The fourth-order valence-electron chi connectivity index (χ4n) is 1.78. The molecule has 0 fully saturated rings. The Balaban J connectivity index is 2.21. The Morgan fingerprint density at radius 1 is 1.33 bits per heavy atom. The lowest BCUT2D eigenvalue weighted by atomic mass is 10.1. The largest absolute Gasteiger partial charge is 0.466 e. The van der Waals surface area contributed by atoms with Crippen LogP contribution in [0.4, 0.5) is 5.69 Å². The number of halogens is 1. The smallest absolute Gasteiger partial charge is 0.305 e. The molecule has 4 heteroatoms. The number of unbranched alkanes of at least 4 members (excludes halogenated alkanes) is 2. The molecule has 0 atom stereocenters. The summed E-state index contributed by atoms with van der Waals surface area (Å²) in [5.74, 6) is -0.112. The van der Waals surface area contributed by atoms with Crippen molar-refractivity contribution in [1.29, 1.82) is 0 Å². The van der Waals surface area contributed by atoms with Gasteiger partial charge in [0.05, 0.1) is 6.61 Å². The summed E-state index contributed by atoms with van der Waals surface area (Å²) < 4.78 is 4.86. The van der Waals surface area contributed by atoms with E-state index in [2.05, 4.69) is 0 Å². The fourth-order valence-corrected chi connectivity index (χ4v) is 1.99. The molecule has 1 aromatic rings. The zero-order valence-electron chi connectivity index (χ0n) is 10.7. The second kappa shape index (κ2) is 7.98. The van der Waals surface area contributed by atoms with Crippen LogP contribution in [-0.4, -0.2) is 12.6 Å². The van der Waals surface area contributed by atoms with Crippen molar-refractivity contribution in [3.05, 3.63) is 28.8 Å². The van der Waals surface area contributed by atoms with Gasteiger partial charge >= 0.3 is 5.97 Å². The number of carbonyl (C=O) groups excluding carboxylic acids is 1. The van der Waals surface area contributed by atoms with E-state index in [1.165, 1.54) is 0 Å². The number of anilines is 1. The van der Waals surface area contributed by atoms with Crippen molar-refractivity contribution in [2.45, 2.75) is 39.0 Å². The minimum Gasteiger partial charge on any atom is -0.466 e. The first kappa shape index (κ1) is 14.8. The third kappa shape index (κ3) is 5.41. The Labute approximate surface area is 113 Å². The van der Waals surface area contributed by atoms with E-state index in [9.17, 15) is 4.79 Å². The number of aryl methyl sites for hydroxylation is 1. The molecule has 0 aliphatic rings. The molecule has 3 nitrogen and oxygen atoms in total. The van der Waals surface area contributed by atoms with Crippen LogP contribution in [0.5, 0.6) is 0 Å². The molecule has 0 aromatic heterocycles. The topological polar surface area (TPSA) is 52.3 Å². The predicted octanol–water partition coefficient (Wildman–Crippen LogP) is 3.59. The molecule has 0 aliphatic carbocycles. The molecule has 0 heterocycles. The fraction of sp³-hybridized carbons (Fsp3) is 0.500. The van der Waals surface area contributed by atoms with Gasteiger partial charge in [0.1, 0.15) is 0 Å². The molecule has 0 spiro atoms. The van der Waals surface area contributed by atoms with Crippen LogP contribution in [0.25, 0.3) is 0 Å². The highest BCUT2D eigenvalue weighted by Gasteiger charge is 2.03. The average molecular weight is 270 g/mol. The van der Waals surface area contributed by atoms with Gasteiger partial charge in [-0.25, -0.2) is 0 Å². The van der Waals surface area contributed by atoms with Crippen molar-refractivity contribution in [2.24, 2.45) is 0 Å². The molecule has 1 rings (SSSR count). The van der Waals surface area contributed by atoms with Crippen LogP contribution in [0.2, 0.25) is 5.02 Å². The summed E-state index contributed by atoms with van der Waals surface area (Å²) in [6.45, 7) is 2.28. The zero-order valence-corrected chi connectivity index (χ0v) is 11.5. The number of carbonyl (C=O) groups is 1. The monoisotopic (exact) mass is 269 g/mol. The highest BCUT2D eigenvalue weighted by molar-refractivity contribution is 6.31. The molecular weight excluding hydrogens is 250 g/mol. The number of nitrogen functional groups attached to an aromatic ring is 1. The molecular formula is C14H20ClNO2. The van der Waals surface area contributed by atoms with Crippen LogP contribution < -0.4 is 5.73 Å². The number of benzene rings is 1. The molecule has 0 aliphatic heterocycles. The summed E-state index contributed by atoms with van der Waals surface area (Å²) in [5, 5.41) is 0.759. The number of nitrogens with two attached hydrogens (primary N) is 1. The summed E-state index contributed by atoms with van der Waals surface area (Å²) >= 11 is 6.07. The first-order valence-electron chi connectivity index (χ1n) is 6.33. The van der Waals surface area contributed by atoms with Crippen LogP contribution in [0.1, 0.15) is 38.2 Å². The van der Waals surface area contributed by atoms with Crippen molar-refractivity contribution in [3.8, 4) is 0 Å². The first-order chi connectivity index (χ1) is 8.63. The second-order valence-electron chi connectivity index (χ2n) is 4.22. The van der Waals surface area contributed by atoms with Gasteiger partial charge in [0.15, 0.2) is 0 Å². The highest BCUT2D eigenvalue weighted by atomic mass is 35.5. The number of hydrogen-bond acceptors (Lipinski definition) is 3. The van der Waals surface area contributed by atoms with Crippen molar-refractivity contribution >= 4 is 23.3 Å². The highest BCUT2D eigenvalue weighted by Crippen LogP contribution is 2.21. The van der Waals surface area contributed by atoms with Crippen molar-refractivity contribution in [3.63, 3.8) is 0 Å². The normalized spacial score (nSPS) is 10.3.